The average Bonchev–Trinajstić information content (AvgIpc) is 2.51. The molecule has 2 rings (SSSR count). The van der Waals surface area contributed by atoms with Crippen molar-refractivity contribution in [3.05, 3.63) is 28.2 Å². The van der Waals surface area contributed by atoms with E-state index in [2.05, 4.69) is 41.9 Å². The van der Waals surface area contributed by atoms with Gasteiger partial charge in [0.15, 0.2) is 0 Å². The van der Waals surface area contributed by atoms with Crippen molar-refractivity contribution < 1.29 is 9.84 Å². The largest absolute Gasteiger partial charge is 0.490 e. The lowest BCUT2D eigenvalue weighted by Crippen LogP contribution is -2.24. The molecule has 118 valence electrons. The van der Waals surface area contributed by atoms with Crippen LogP contribution in [0.25, 0.3) is 0 Å². The Kier molecular flexibility index (Phi) is 6.56. The molecular weight excluding hydrogens is 328 g/mol. The van der Waals surface area contributed by atoms with Crippen molar-refractivity contribution in [2.24, 2.45) is 11.8 Å². The zero-order valence-corrected chi connectivity index (χ0v) is 14.7. The molecular formula is C18H27BrO2. The van der Waals surface area contributed by atoms with Gasteiger partial charge in [-0.25, -0.2) is 0 Å². The minimum atomic E-state index is 0.320. The van der Waals surface area contributed by atoms with E-state index in [1.165, 1.54) is 24.8 Å². The van der Waals surface area contributed by atoms with Gasteiger partial charge in [-0.05, 0) is 63.0 Å². The summed E-state index contributed by atoms with van der Waals surface area (Å²) in [7, 11) is 0. The molecule has 0 radical (unpaired) electrons. The molecule has 0 aliphatic heterocycles. The Labute approximate surface area is 137 Å². The SMILES string of the molecule is Cc1c(Br)cccc1OC1CCC(CCC(C)CO)CC1. The molecule has 1 saturated carbocycles. The predicted molar refractivity (Wildman–Crippen MR) is 90.7 cm³/mol. The summed E-state index contributed by atoms with van der Waals surface area (Å²) in [6.07, 6.45) is 7.60. The molecule has 2 nitrogen and oxygen atoms in total. The topological polar surface area (TPSA) is 29.5 Å². The van der Waals surface area contributed by atoms with Crippen LogP contribution in [0.5, 0.6) is 5.75 Å². The third-order valence-corrected chi connectivity index (χ3v) is 5.54. The van der Waals surface area contributed by atoms with E-state index in [-0.39, 0.29) is 0 Å². The molecule has 0 aromatic heterocycles. The van der Waals surface area contributed by atoms with Gasteiger partial charge in [-0.2, -0.15) is 0 Å². The lowest BCUT2D eigenvalue weighted by atomic mass is 9.83. The van der Waals surface area contributed by atoms with E-state index >= 15 is 0 Å². The maximum atomic E-state index is 9.09. The lowest BCUT2D eigenvalue weighted by Gasteiger charge is -2.30. The number of hydrogen-bond donors (Lipinski definition) is 1. The van der Waals surface area contributed by atoms with Gasteiger partial charge < -0.3 is 9.84 Å². The van der Waals surface area contributed by atoms with Crippen LogP contribution in [0.1, 0.15) is 51.0 Å². The second-order valence-corrected chi connectivity index (χ2v) is 7.34. The first-order valence-electron chi connectivity index (χ1n) is 8.12. The van der Waals surface area contributed by atoms with Gasteiger partial charge in [-0.1, -0.05) is 35.3 Å². The molecule has 1 aliphatic carbocycles. The third kappa shape index (κ3) is 5.00. The number of ether oxygens (including phenoxy) is 1. The fourth-order valence-electron chi connectivity index (χ4n) is 3.04. The van der Waals surface area contributed by atoms with Gasteiger partial charge in [-0.15, -0.1) is 0 Å². The first-order chi connectivity index (χ1) is 10.1. The Morgan fingerprint density at radius 1 is 1.29 bits per heavy atom. The Morgan fingerprint density at radius 3 is 2.67 bits per heavy atom. The molecule has 1 atom stereocenters. The number of aliphatic hydroxyl groups excluding tert-OH is 1. The summed E-state index contributed by atoms with van der Waals surface area (Å²) in [5.41, 5.74) is 1.19. The molecule has 1 aromatic carbocycles. The van der Waals surface area contributed by atoms with Crippen molar-refractivity contribution >= 4 is 15.9 Å². The number of benzene rings is 1. The summed E-state index contributed by atoms with van der Waals surface area (Å²) in [4.78, 5) is 0. The Morgan fingerprint density at radius 2 is 2.00 bits per heavy atom. The van der Waals surface area contributed by atoms with Crippen LogP contribution < -0.4 is 4.74 Å². The van der Waals surface area contributed by atoms with Gasteiger partial charge in [0, 0.05) is 16.6 Å². The van der Waals surface area contributed by atoms with E-state index in [0.717, 1.165) is 35.4 Å². The van der Waals surface area contributed by atoms with Crippen LogP contribution >= 0.6 is 15.9 Å². The molecule has 1 aromatic rings. The molecule has 21 heavy (non-hydrogen) atoms. The maximum absolute atomic E-state index is 9.09. The van der Waals surface area contributed by atoms with E-state index < -0.39 is 0 Å². The number of halogens is 1. The van der Waals surface area contributed by atoms with Crippen LogP contribution in [-0.4, -0.2) is 17.8 Å². The normalized spacial score (nSPS) is 23.8. The molecule has 1 aliphatic rings. The first kappa shape index (κ1) is 16.8. The van der Waals surface area contributed by atoms with Gasteiger partial charge in [-0.3, -0.25) is 0 Å². The van der Waals surface area contributed by atoms with Crippen LogP contribution in [0.3, 0.4) is 0 Å². The van der Waals surface area contributed by atoms with E-state index in [4.69, 9.17) is 9.84 Å². The van der Waals surface area contributed by atoms with Crippen LogP contribution in [-0.2, 0) is 0 Å². The zero-order valence-electron chi connectivity index (χ0n) is 13.1. The predicted octanol–water partition coefficient (Wildman–Crippen LogP) is 5.10. The monoisotopic (exact) mass is 354 g/mol. The third-order valence-electron chi connectivity index (χ3n) is 4.68. The second-order valence-electron chi connectivity index (χ2n) is 6.49. The standard InChI is InChI=1S/C18H27BrO2/c1-13(12-20)6-7-15-8-10-16(11-9-15)21-18-5-3-4-17(19)14(18)2/h3-5,13,15-16,20H,6-12H2,1-2H3. The van der Waals surface area contributed by atoms with Crippen LogP contribution in [0, 0.1) is 18.8 Å². The summed E-state index contributed by atoms with van der Waals surface area (Å²) < 4.78 is 7.31. The van der Waals surface area contributed by atoms with Crippen molar-refractivity contribution in [1.29, 1.82) is 0 Å². The molecule has 3 heteroatoms. The molecule has 1 N–H and O–H groups in total. The summed E-state index contributed by atoms with van der Waals surface area (Å²) in [5.74, 6) is 2.28. The highest BCUT2D eigenvalue weighted by atomic mass is 79.9. The molecule has 0 spiro atoms. The van der Waals surface area contributed by atoms with Gasteiger partial charge in [0.2, 0.25) is 0 Å². The lowest BCUT2D eigenvalue weighted by molar-refractivity contribution is 0.123. The highest BCUT2D eigenvalue weighted by Crippen LogP contribution is 2.33. The van der Waals surface area contributed by atoms with E-state index in [0.29, 0.717) is 18.6 Å². The second kappa shape index (κ2) is 8.19. The average molecular weight is 355 g/mol. The van der Waals surface area contributed by atoms with Crippen LogP contribution in [0.2, 0.25) is 0 Å². The molecule has 0 amide bonds. The molecule has 0 saturated heterocycles. The van der Waals surface area contributed by atoms with Crippen molar-refractivity contribution in [2.45, 2.75) is 58.5 Å². The van der Waals surface area contributed by atoms with Gasteiger partial charge in [0.25, 0.3) is 0 Å². The van der Waals surface area contributed by atoms with Crippen LogP contribution in [0.15, 0.2) is 22.7 Å². The first-order valence-corrected chi connectivity index (χ1v) is 8.92. The fourth-order valence-corrected chi connectivity index (χ4v) is 3.39. The maximum Gasteiger partial charge on any atom is 0.123 e. The minimum Gasteiger partial charge on any atom is -0.490 e. The minimum absolute atomic E-state index is 0.320. The van der Waals surface area contributed by atoms with E-state index in [1.54, 1.807) is 0 Å². The number of aliphatic hydroxyl groups is 1. The Hall–Kier alpha value is -0.540. The van der Waals surface area contributed by atoms with Gasteiger partial charge in [0.1, 0.15) is 5.75 Å². The smallest absolute Gasteiger partial charge is 0.123 e. The fraction of sp³-hybridized carbons (Fsp3) is 0.667. The summed E-state index contributed by atoms with van der Waals surface area (Å²) >= 11 is 3.56. The molecule has 1 fully saturated rings. The van der Waals surface area contributed by atoms with Gasteiger partial charge >= 0.3 is 0 Å². The van der Waals surface area contributed by atoms with Gasteiger partial charge in [0.05, 0.1) is 6.10 Å². The van der Waals surface area contributed by atoms with Crippen molar-refractivity contribution in [3.63, 3.8) is 0 Å². The number of rotatable bonds is 6. The van der Waals surface area contributed by atoms with Crippen LogP contribution in [0.4, 0.5) is 0 Å². The quantitative estimate of drug-likeness (QED) is 0.769. The van der Waals surface area contributed by atoms with Crippen molar-refractivity contribution in [3.8, 4) is 5.75 Å². The molecule has 0 heterocycles. The van der Waals surface area contributed by atoms with Crippen molar-refractivity contribution in [1.82, 2.24) is 0 Å². The molecule has 0 bridgehead atoms. The number of hydrogen-bond acceptors (Lipinski definition) is 2. The van der Waals surface area contributed by atoms with Crippen molar-refractivity contribution in [2.75, 3.05) is 6.61 Å². The summed E-state index contributed by atoms with van der Waals surface area (Å²) in [6.45, 7) is 4.55. The molecule has 1 unspecified atom stereocenters. The Bertz CT molecular complexity index is 439. The van der Waals surface area contributed by atoms with E-state index in [1.807, 2.05) is 6.07 Å². The Balaban J connectivity index is 1.78. The summed E-state index contributed by atoms with van der Waals surface area (Å²) in [5, 5.41) is 9.09. The summed E-state index contributed by atoms with van der Waals surface area (Å²) in [6, 6.07) is 6.16. The zero-order chi connectivity index (χ0) is 15.2. The highest BCUT2D eigenvalue weighted by molar-refractivity contribution is 9.10. The highest BCUT2D eigenvalue weighted by Gasteiger charge is 2.23. The van der Waals surface area contributed by atoms with E-state index in [9.17, 15) is 0 Å².